The summed E-state index contributed by atoms with van der Waals surface area (Å²) in [6.07, 6.45) is 8.31. The van der Waals surface area contributed by atoms with E-state index in [9.17, 15) is 0 Å². The van der Waals surface area contributed by atoms with Gasteiger partial charge in [-0.3, -0.25) is 4.98 Å². The second kappa shape index (κ2) is 5.06. The molecule has 2 aromatic rings. The van der Waals surface area contributed by atoms with Crippen LogP contribution in [0.2, 0.25) is 0 Å². The minimum Gasteiger partial charge on any atom is -0.389 e. The average Bonchev–Trinajstić information content (AvgIpc) is 2.83. The Morgan fingerprint density at radius 3 is 2.72 bits per heavy atom. The molecule has 4 heteroatoms. The van der Waals surface area contributed by atoms with Gasteiger partial charge in [-0.25, -0.2) is 4.98 Å². The zero-order chi connectivity index (χ0) is 12.4. The predicted octanol–water partition coefficient (Wildman–Crippen LogP) is 3.84. The van der Waals surface area contributed by atoms with Crippen molar-refractivity contribution in [2.75, 3.05) is 5.73 Å². The van der Waals surface area contributed by atoms with Crippen molar-refractivity contribution in [1.82, 2.24) is 9.97 Å². The molecule has 0 aromatic carbocycles. The van der Waals surface area contributed by atoms with E-state index >= 15 is 0 Å². The molecule has 2 N–H and O–H groups in total. The van der Waals surface area contributed by atoms with Crippen molar-refractivity contribution >= 4 is 16.3 Å². The summed E-state index contributed by atoms with van der Waals surface area (Å²) in [6.45, 7) is 0. The number of hydrogen-bond acceptors (Lipinski definition) is 4. The fraction of sp³-hybridized carbons (Fsp3) is 0.429. The van der Waals surface area contributed by atoms with Crippen molar-refractivity contribution in [2.45, 2.75) is 38.0 Å². The van der Waals surface area contributed by atoms with Gasteiger partial charge < -0.3 is 5.73 Å². The van der Waals surface area contributed by atoms with E-state index in [-0.39, 0.29) is 0 Å². The fourth-order valence-corrected chi connectivity index (χ4v) is 3.57. The van der Waals surface area contributed by atoms with Crippen molar-refractivity contribution in [3.8, 4) is 11.4 Å². The molecule has 0 unspecified atom stereocenters. The summed E-state index contributed by atoms with van der Waals surface area (Å²) in [5.41, 5.74) is 7.84. The van der Waals surface area contributed by atoms with Crippen LogP contribution in [0, 0.1) is 0 Å². The molecule has 94 valence electrons. The summed E-state index contributed by atoms with van der Waals surface area (Å²) < 4.78 is 0. The summed E-state index contributed by atoms with van der Waals surface area (Å²) >= 11 is 1.64. The summed E-state index contributed by atoms with van der Waals surface area (Å²) in [6, 6.07) is 5.85. The smallest absolute Gasteiger partial charge is 0.123 e. The molecule has 18 heavy (non-hydrogen) atoms. The second-order valence-electron chi connectivity index (χ2n) is 4.81. The molecule has 0 bridgehead atoms. The second-order valence-corrected chi connectivity index (χ2v) is 5.88. The first-order chi connectivity index (χ1) is 8.84. The largest absolute Gasteiger partial charge is 0.389 e. The number of nitrogen functional groups attached to an aromatic ring is 1. The number of nitrogens with two attached hydrogens (primary N) is 1. The van der Waals surface area contributed by atoms with Gasteiger partial charge >= 0.3 is 0 Å². The highest BCUT2D eigenvalue weighted by Gasteiger charge is 2.21. The van der Waals surface area contributed by atoms with E-state index in [4.69, 9.17) is 10.7 Å². The molecule has 0 radical (unpaired) electrons. The van der Waals surface area contributed by atoms with Gasteiger partial charge in [0.25, 0.3) is 0 Å². The monoisotopic (exact) mass is 259 g/mol. The first-order valence-corrected chi connectivity index (χ1v) is 7.34. The Labute approximate surface area is 111 Å². The van der Waals surface area contributed by atoms with Crippen molar-refractivity contribution in [1.29, 1.82) is 0 Å². The van der Waals surface area contributed by atoms with E-state index in [0.29, 0.717) is 5.92 Å². The number of hydrogen-bond donors (Lipinski definition) is 1. The van der Waals surface area contributed by atoms with Gasteiger partial charge in [0, 0.05) is 12.1 Å². The average molecular weight is 259 g/mol. The van der Waals surface area contributed by atoms with Crippen molar-refractivity contribution in [2.24, 2.45) is 0 Å². The number of thiazole rings is 1. The first-order valence-electron chi connectivity index (χ1n) is 6.52. The van der Waals surface area contributed by atoms with Crippen LogP contribution in [0.4, 0.5) is 5.00 Å². The third-order valence-electron chi connectivity index (χ3n) is 3.53. The fourth-order valence-electron chi connectivity index (χ4n) is 2.56. The molecule has 0 amide bonds. The van der Waals surface area contributed by atoms with Gasteiger partial charge in [0.1, 0.15) is 10.7 Å². The Morgan fingerprint density at radius 2 is 2.00 bits per heavy atom. The van der Waals surface area contributed by atoms with Gasteiger partial charge in [-0.15, -0.1) is 11.3 Å². The Balaban J connectivity index is 1.91. The van der Waals surface area contributed by atoms with Crippen LogP contribution in [0.5, 0.6) is 0 Å². The zero-order valence-corrected chi connectivity index (χ0v) is 11.1. The molecule has 0 aliphatic heterocycles. The van der Waals surface area contributed by atoms with Crippen LogP contribution in [0.25, 0.3) is 11.4 Å². The van der Waals surface area contributed by atoms with Gasteiger partial charge in [-0.05, 0) is 25.0 Å². The van der Waals surface area contributed by atoms with Crippen molar-refractivity contribution < 1.29 is 0 Å². The quantitative estimate of drug-likeness (QED) is 0.891. The predicted molar refractivity (Wildman–Crippen MR) is 75.6 cm³/mol. The summed E-state index contributed by atoms with van der Waals surface area (Å²) in [5.74, 6) is 0.614. The molecule has 1 aliphatic rings. The molecule has 0 atom stereocenters. The van der Waals surface area contributed by atoms with Crippen LogP contribution in [0.3, 0.4) is 0 Å². The number of nitrogens with zero attached hydrogens (tertiary/aromatic N) is 2. The number of rotatable bonds is 2. The van der Waals surface area contributed by atoms with Crippen molar-refractivity contribution in [3.05, 3.63) is 29.4 Å². The summed E-state index contributed by atoms with van der Waals surface area (Å²) in [4.78, 5) is 9.07. The van der Waals surface area contributed by atoms with Crippen LogP contribution in [0.15, 0.2) is 24.4 Å². The van der Waals surface area contributed by atoms with Crippen LogP contribution < -0.4 is 5.73 Å². The minimum atomic E-state index is 0.614. The number of pyridine rings is 1. The van der Waals surface area contributed by atoms with Crippen molar-refractivity contribution in [3.63, 3.8) is 0 Å². The lowest BCUT2D eigenvalue weighted by atomic mass is 9.90. The Hall–Kier alpha value is -1.42. The van der Waals surface area contributed by atoms with Crippen LogP contribution >= 0.6 is 11.3 Å². The summed E-state index contributed by atoms with van der Waals surface area (Å²) in [5, 5.41) is 2.00. The van der Waals surface area contributed by atoms with Crippen LogP contribution in [-0.4, -0.2) is 9.97 Å². The molecular formula is C14H17N3S. The molecule has 3 rings (SSSR count). The topological polar surface area (TPSA) is 51.8 Å². The normalized spacial score (nSPS) is 16.9. The standard InChI is InChI=1S/C14H17N3S/c15-13-12(11-8-4-5-9-16-11)17-14(18-13)10-6-2-1-3-7-10/h4-5,8-10H,1-3,6-7,15H2. The molecular weight excluding hydrogens is 242 g/mol. The molecule has 0 spiro atoms. The zero-order valence-electron chi connectivity index (χ0n) is 10.3. The van der Waals surface area contributed by atoms with Gasteiger partial charge in [-0.1, -0.05) is 25.3 Å². The lowest BCUT2D eigenvalue weighted by Crippen LogP contribution is -2.03. The lowest BCUT2D eigenvalue weighted by Gasteiger charge is -2.18. The van der Waals surface area contributed by atoms with E-state index in [0.717, 1.165) is 16.4 Å². The first kappa shape index (κ1) is 11.7. The lowest BCUT2D eigenvalue weighted by molar-refractivity contribution is 0.442. The van der Waals surface area contributed by atoms with Gasteiger partial charge in [-0.2, -0.15) is 0 Å². The third-order valence-corrected chi connectivity index (χ3v) is 4.58. The molecule has 2 heterocycles. The van der Waals surface area contributed by atoms with Crippen LogP contribution in [-0.2, 0) is 0 Å². The van der Waals surface area contributed by atoms with E-state index in [1.54, 1.807) is 17.5 Å². The highest BCUT2D eigenvalue weighted by molar-refractivity contribution is 7.16. The van der Waals surface area contributed by atoms with E-state index in [1.807, 2.05) is 18.2 Å². The van der Waals surface area contributed by atoms with E-state index < -0.39 is 0 Å². The highest BCUT2D eigenvalue weighted by atomic mass is 32.1. The molecule has 1 saturated carbocycles. The Morgan fingerprint density at radius 1 is 1.17 bits per heavy atom. The molecule has 1 aliphatic carbocycles. The maximum Gasteiger partial charge on any atom is 0.123 e. The maximum absolute atomic E-state index is 6.10. The SMILES string of the molecule is Nc1sc(C2CCCCC2)nc1-c1ccccn1. The summed E-state index contributed by atoms with van der Waals surface area (Å²) in [7, 11) is 0. The highest BCUT2D eigenvalue weighted by Crippen LogP contribution is 2.39. The van der Waals surface area contributed by atoms with Gasteiger partial charge in [0.15, 0.2) is 0 Å². The maximum atomic E-state index is 6.10. The Kier molecular flexibility index (Phi) is 3.28. The van der Waals surface area contributed by atoms with Crippen LogP contribution in [0.1, 0.15) is 43.0 Å². The molecule has 0 saturated heterocycles. The van der Waals surface area contributed by atoms with Gasteiger partial charge in [0.2, 0.25) is 0 Å². The molecule has 1 fully saturated rings. The number of anilines is 1. The Bertz CT molecular complexity index is 515. The van der Waals surface area contributed by atoms with E-state index in [1.165, 1.54) is 37.1 Å². The minimum absolute atomic E-state index is 0.614. The van der Waals surface area contributed by atoms with Gasteiger partial charge in [0.05, 0.1) is 10.7 Å². The molecule has 3 nitrogen and oxygen atoms in total. The molecule has 2 aromatic heterocycles. The third kappa shape index (κ3) is 2.25. The number of aromatic nitrogens is 2. The van der Waals surface area contributed by atoms with E-state index in [2.05, 4.69) is 4.98 Å².